The Morgan fingerprint density at radius 1 is 1.00 bits per heavy atom. The molecule has 0 heterocycles. The third-order valence-electron chi connectivity index (χ3n) is 4.39. The van der Waals surface area contributed by atoms with E-state index in [0.29, 0.717) is 31.0 Å². The maximum atomic E-state index is 12.8. The van der Waals surface area contributed by atoms with E-state index in [-0.39, 0.29) is 0 Å². The van der Waals surface area contributed by atoms with Gasteiger partial charge in [0.15, 0.2) is 0 Å². The lowest BCUT2D eigenvalue weighted by Gasteiger charge is -2.24. The van der Waals surface area contributed by atoms with Crippen LogP contribution in [0.4, 0.5) is 0 Å². The van der Waals surface area contributed by atoms with Crippen LogP contribution in [0.15, 0.2) is 24.3 Å². The summed E-state index contributed by atoms with van der Waals surface area (Å²) in [6.07, 6.45) is 0.987. The predicted octanol–water partition coefficient (Wildman–Crippen LogP) is 4.59. The molecule has 30 heavy (non-hydrogen) atoms. The monoisotopic (exact) mass is 480 g/mol. The summed E-state index contributed by atoms with van der Waals surface area (Å²) < 4.78 is 45.7. The normalized spacial score (nSPS) is 13.4. The molecular formula is C20H37O7PSSi. The zero-order valence-electron chi connectivity index (χ0n) is 19.0. The molecule has 1 unspecified atom stereocenters. The van der Waals surface area contributed by atoms with Crippen molar-refractivity contribution in [2.24, 2.45) is 5.92 Å². The molecular weight excluding hydrogens is 443 g/mol. The Morgan fingerprint density at radius 2 is 1.57 bits per heavy atom. The molecule has 0 aliphatic rings. The lowest BCUT2D eigenvalue weighted by atomic mass is 10.2. The van der Waals surface area contributed by atoms with Crippen molar-refractivity contribution in [1.29, 1.82) is 0 Å². The summed E-state index contributed by atoms with van der Waals surface area (Å²) in [6.45, 7) is 7.04. The molecule has 0 aliphatic carbocycles. The molecule has 0 spiro atoms. The van der Waals surface area contributed by atoms with Crippen LogP contribution in [0.25, 0.3) is 0 Å². The topological polar surface area (TPSA) is 72.5 Å². The van der Waals surface area contributed by atoms with Crippen molar-refractivity contribution < 1.29 is 31.6 Å². The first-order chi connectivity index (χ1) is 14.4. The van der Waals surface area contributed by atoms with E-state index >= 15 is 0 Å². The molecule has 1 aromatic rings. The van der Waals surface area contributed by atoms with E-state index in [9.17, 15) is 4.57 Å². The maximum Gasteiger partial charge on any atom is 0.500 e. The van der Waals surface area contributed by atoms with E-state index in [1.165, 1.54) is 0 Å². The molecule has 7 nitrogen and oxygen atoms in total. The average Bonchev–Trinajstić information content (AvgIpc) is 2.76. The van der Waals surface area contributed by atoms with Crippen LogP contribution in [0, 0.1) is 5.92 Å². The molecule has 0 saturated carbocycles. The Balaban J connectivity index is 2.38. The lowest BCUT2D eigenvalue weighted by Crippen LogP contribution is -2.42. The first-order valence-electron chi connectivity index (χ1n) is 10.2. The molecule has 0 saturated heterocycles. The van der Waals surface area contributed by atoms with E-state index < -0.39 is 16.4 Å². The number of hydrogen-bond donors (Lipinski definition) is 0. The first-order valence-corrected chi connectivity index (χ1v) is 14.9. The molecule has 0 fully saturated rings. The van der Waals surface area contributed by atoms with Crippen molar-refractivity contribution in [3.63, 3.8) is 0 Å². The van der Waals surface area contributed by atoms with Gasteiger partial charge < -0.3 is 27.1 Å². The van der Waals surface area contributed by atoms with Gasteiger partial charge in [0.2, 0.25) is 0 Å². The van der Waals surface area contributed by atoms with Crippen molar-refractivity contribution in [3.05, 3.63) is 24.3 Å². The number of ether oxygens (including phenoxy) is 1. The molecule has 0 aliphatic heterocycles. The zero-order chi connectivity index (χ0) is 22.5. The number of rotatable bonds is 17. The highest BCUT2D eigenvalue weighted by Gasteiger charge is 2.36. The van der Waals surface area contributed by atoms with Gasteiger partial charge in [-0.05, 0) is 62.0 Å². The van der Waals surface area contributed by atoms with Gasteiger partial charge in [-0.2, -0.15) is 11.8 Å². The van der Waals surface area contributed by atoms with Crippen LogP contribution < -0.4 is 10.0 Å². The Morgan fingerprint density at radius 3 is 2.07 bits per heavy atom. The van der Waals surface area contributed by atoms with Crippen LogP contribution in [-0.4, -0.2) is 61.5 Å². The van der Waals surface area contributed by atoms with Crippen molar-refractivity contribution in [3.8, 4) is 5.75 Å². The highest BCUT2D eigenvalue weighted by Crippen LogP contribution is 2.46. The van der Waals surface area contributed by atoms with E-state index in [1.54, 1.807) is 47.3 Å². The molecule has 0 aromatic heterocycles. The van der Waals surface area contributed by atoms with Gasteiger partial charge in [-0.25, -0.2) is 0 Å². The predicted molar refractivity (Wildman–Crippen MR) is 125 cm³/mol. The van der Waals surface area contributed by atoms with E-state index in [2.05, 4.69) is 6.92 Å². The molecule has 0 radical (unpaired) electrons. The zero-order valence-corrected chi connectivity index (χ0v) is 21.8. The van der Waals surface area contributed by atoms with E-state index in [4.69, 9.17) is 27.1 Å². The highest BCUT2D eigenvalue weighted by molar-refractivity contribution is 7.99. The second-order valence-corrected chi connectivity index (χ2v) is 13.0. The van der Waals surface area contributed by atoms with Crippen molar-refractivity contribution in [1.82, 2.24) is 0 Å². The van der Waals surface area contributed by atoms with Gasteiger partial charge >= 0.3 is 16.4 Å². The van der Waals surface area contributed by atoms with Gasteiger partial charge in [0.1, 0.15) is 5.75 Å². The largest absolute Gasteiger partial charge is 0.500 e. The van der Waals surface area contributed by atoms with E-state index in [1.807, 2.05) is 23.9 Å². The molecule has 10 heteroatoms. The Kier molecular flexibility index (Phi) is 13.5. The smallest absolute Gasteiger partial charge is 0.493 e. The fraction of sp³-hybridized carbons (Fsp3) is 0.700. The van der Waals surface area contributed by atoms with Crippen LogP contribution in [0.1, 0.15) is 27.2 Å². The molecule has 174 valence electrons. The van der Waals surface area contributed by atoms with Gasteiger partial charge in [0, 0.05) is 27.4 Å². The summed E-state index contributed by atoms with van der Waals surface area (Å²) in [5, 5.41) is 0.546. The van der Waals surface area contributed by atoms with Gasteiger partial charge in [-0.15, -0.1) is 0 Å². The third kappa shape index (κ3) is 9.00. The minimum Gasteiger partial charge on any atom is -0.493 e. The van der Waals surface area contributed by atoms with Gasteiger partial charge in [0.05, 0.1) is 25.1 Å². The fourth-order valence-electron chi connectivity index (χ4n) is 2.77. The maximum absolute atomic E-state index is 12.8. The summed E-state index contributed by atoms with van der Waals surface area (Å²) in [7, 11) is -0.781. The number of thioether (sulfide) groups is 1. The molecule has 0 bridgehead atoms. The second-order valence-electron chi connectivity index (χ2n) is 6.72. The molecule has 1 atom stereocenters. The Labute approximate surface area is 187 Å². The average molecular weight is 481 g/mol. The van der Waals surface area contributed by atoms with Crippen LogP contribution in [0.3, 0.4) is 0 Å². The van der Waals surface area contributed by atoms with Crippen molar-refractivity contribution in [2.45, 2.75) is 33.2 Å². The summed E-state index contributed by atoms with van der Waals surface area (Å²) >= 11 is 1.89. The lowest BCUT2D eigenvalue weighted by molar-refractivity contribution is 0.123. The van der Waals surface area contributed by atoms with Gasteiger partial charge in [-0.3, -0.25) is 4.57 Å². The minimum absolute atomic E-state index is 0.330. The van der Waals surface area contributed by atoms with Crippen LogP contribution >= 0.6 is 19.4 Å². The van der Waals surface area contributed by atoms with Crippen LogP contribution in [-0.2, 0) is 26.9 Å². The molecule has 1 aromatic carbocycles. The van der Waals surface area contributed by atoms with Crippen LogP contribution in [0.5, 0.6) is 5.75 Å². The fourth-order valence-corrected chi connectivity index (χ4v) is 7.33. The van der Waals surface area contributed by atoms with Crippen molar-refractivity contribution >= 4 is 33.5 Å². The Hall–Kier alpha value is -0.383. The second kappa shape index (κ2) is 14.6. The SMILES string of the molecule is CCOP(=O)(OCC)c1ccc(OCC(C)CSCCC[Si](OC)(OC)OC)cc1. The van der Waals surface area contributed by atoms with Crippen LogP contribution in [0.2, 0.25) is 6.04 Å². The summed E-state index contributed by atoms with van der Waals surface area (Å²) in [4.78, 5) is 0. The number of hydrogen-bond acceptors (Lipinski definition) is 8. The minimum atomic E-state index is -3.25. The molecule has 0 amide bonds. The third-order valence-corrected chi connectivity index (χ3v) is 10.7. The highest BCUT2D eigenvalue weighted by atomic mass is 32.2. The standard InChI is InChI=1S/C20H37O7PSSi/c1-7-26-28(21,27-8-2)20-12-10-19(11-13-20)25-16-18(3)17-29-14-9-15-30(22-4,23-5)24-6/h10-13,18H,7-9,14-17H2,1-6H3. The van der Waals surface area contributed by atoms with E-state index in [0.717, 1.165) is 29.7 Å². The quantitative estimate of drug-likeness (QED) is 0.182. The summed E-state index contributed by atoms with van der Waals surface area (Å²) in [5.74, 6) is 3.17. The van der Waals surface area contributed by atoms with Gasteiger partial charge in [-0.1, -0.05) is 6.92 Å². The van der Waals surface area contributed by atoms with Gasteiger partial charge in [0.25, 0.3) is 0 Å². The van der Waals surface area contributed by atoms with Crippen molar-refractivity contribution in [2.75, 3.05) is 52.7 Å². The molecule has 1 rings (SSSR count). The molecule has 0 N–H and O–H groups in total. The number of benzene rings is 1. The summed E-state index contributed by atoms with van der Waals surface area (Å²) in [6, 6.07) is 7.93. The summed E-state index contributed by atoms with van der Waals surface area (Å²) in [5.41, 5.74) is 0. The first kappa shape index (κ1) is 27.7. The Bertz CT molecular complexity index is 610.